The van der Waals surface area contributed by atoms with E-state index >= 15 is 0 Å². The lowest BCUT2D eigenvalue weighted by Gasteiger charge is -2.36. The number of aliphatic hydroxyl groups is 1. The van der Waals surface area contributed by atoms with Gasteiger partial charge in [-0.05, 0) is 47.2 Å². The third-order valence-corrected chi connectivity index (χ3v) is 7.54. The molecule has 36 heavy (non-hydrogen) atoms. The predicted octanol–water partition coefficient (Wildman–Crippen LogP) is 4.67. The molecule has 1 fully saturated rings. The highest BCUT2D eigenvalue weighted by Crippen LogP contribution is 2.61. The number of nitrogens with zero attached hydrogens (tertiary/aromatic N) is 1. The van der Waals surface area contributed by atoms with Gasteiger partial charge in [0.15, 0.2) is 0 Å². The number of hydrogen-bond acceptors (Lipinski definition) is 5. The Hall–Kier alpha value is -3.59. The highest BCUT2D eigenvalue weighted by Gasteiger charge is 2.60. The third kappa shape index (κ3) is 3.61. The Kier molecular flexibility index (Phi) is 5.05. The Morgan fingerprint density at radius 2 is 1.97 bits per heavy atom. The van der Waals surface area contributed by atoms with Crippen LogP contribution in [0, 0.1) is 11.8 Å². The van der Waals surface area contributed by atoms with Crippen molar-refractivity contribution in [2.45, 2.75) is 37.1 Å². The number of aromatic nitrogens is 1. The van der Waals surface area contributed by atoms with E-state index in [-0.39, 0.29) is 48.5 Å². The number of pyridine rings is 1. The van der Waals surface area contributed by atoms with Crippen molar-refractivity contribution >= 4 is 5.97 Å². The molecule has 6 rings (SSSR count). The first-order valence-corrected chi connectivity index (χ1v) is 11.7. The van der Waals surface area contributed by atoms with Gasteiger partial charge in [0.2, 0.25) is 5.88 Å². The number of carboxylic acids is 1. The first-order valence-electron chi connectivity index (χ1n) is 11.7. The van der Waals surface area contributed by atoms with Gasteiger partial charge in [-0.2, -0.15) is 13.2 Å². The van der Waals surface area contributed by atoms with Crippen molar-refractivity contribution in [3.8, 4) is 11.6 Å². The summed E-state index contributed by atoms with van der Waals surface area (Å²) >= 11 is 0. The highest BCUT2D eigenvalue weighted by molar-refractivity contribution is 5.77. The lowest BCUT2D eigenvalue weighted by molar-refractivity contribution is -0.140. The molecule has 3 aromatic rings. The molecule has 6 nitrogen and oxygen atoms in total. The molecular formula is C27H22F3NO5. The molecule has 3 aliphatic rings. The molecule has 186 valence electrons. The second kappa shape index (κ2) is 7.96. The van der Waals surface area contributed by atoms with Crippen molar-refractivity contribution in [3.05, 3.63) is 88.1 Å². The molecule has 2 aromatic carbocycles. The number of ether oxygens (including phenoxy) is 2. The van der Waals surface area contributed by atoms with E-state index in [0.29, 0.717) is 23.6 Å². The summed E-state index contributed by atoms with van der Waals surface area (Å²) in [6, 6.07) is 11.8. The van der Waals surface area contributed by atoms with E-state index in [2.05, 4.69) is 4.98 Å². The second-order valence-electron chi connectivity index (χ2n) is 9.60. The molecule has 0 amide bonds. The van der Waals surface area contributed by atoms with Crippen molar-refractivity contribution in [2.24, 2.45) is 11.8 Å². The average molecular weight is 497 g/mol. The maximum atomic E-state index is 13.7. The molecule has 0 radical (unpaired) electrons. The normalized spacial score (nSPS) is 25.8. The molecule has 1 aliphatic heterocycles. The van der Waals surface area contributed by atoms with E-state index in [0.717, 1.165) is 17.2 Å². The minimum Gasteiger partial charge on any atom is -0.493 e. The van der Waals surface area contributed by atoms with Crippen LogP contribution in [0.1, 0.15) is 45.7 Å². The van der Waals surface area contributed by atoms with Gasteiger partial charge in [0, 0.05) is 35.7 Å². The van der Waals surface area contributed by atoms with Crippen LogP contribution in [0.25, 0.3) is 0 Å². The van der Waals surface area contributed by atoms with Crippen LogP contribution in [0.15, 0.2) is 54.7 Å². The summed E-state index contributed by atoms with van der Waals surface area (Å²) in [4.78, 5) is 15.6. The minimum absolute atomic E-state index is 0.0244. The number of hydrogen-bond donors (Lipinski definition) is 2. The molecule has 0 bridgehead atoms. The van der Waals surface area contributed by atoms with Crippen LogP contribution >= 0.6 is 0 Å². The van der Waals surface area contributed by atoms with Crippen LogP contribution in [0.4, 0.5) is 13.2 Å². The summed E-state index contributed by atoms with van der Waals surface area (Å²) < 4.78 is 52.7. The van der Waals surface area contributed by atoms with Crippen LogP contribution < -0.4 is 9.47 Å². The molecular weight excluding hydrogens is 475 g/mol. The fraction of sp³-hybridized carbons (Fsp3) is 0.333. The Morgan fingerprint density at radius 1 is 1.17 bits per heavy atom. The lowest BCUT2D eigenvalue weighted by Crippen LogP contribution is -2.36. The van der Waals surface area contributed by atoms with E-state index in [1.165, 1.54) is 18.2 Å². The number of rotatable bonds is 5. The summed E-state index contributed by atoms with van der Waals surface area (Å²) in [6.07, 6.45) is -2.29. The summed E-state index contributed by atoms with van der Waals surface area (Å²) in [5, 5.41) is 20.8. The molecule has 2 heterocycles. The van der Waals surface area contributed by atoms with E-state index < -0.39 is 23.3 Å². The number of halogens is 3. The largest absolute Gasteiger partial charge is 0.493 e. The molecule has 0 spiro atoms. The second-order valence-corrected chi connectivity index (χ2v) is 9.60. The number of fused-ring (bicyclic) bond motifs is 4. The molecule has 1 saturated carbocycles. The van der Waals surface area contributed by atoms with Crippen molar-refractivity contribution in [3.63, 3.8) is 0 Å². The molecule has 1 unspecified atom stereocenters. The quantitative estimate of drug-likeness (QED) is 0.533. The summed E-state index contributed by atoms with van der Waals surface area (Å²) in [7, 11) is 0. The number of alkyl halides is 3. The van der Waals surface area contributed by atoms with Crippen molar-refractivity contribution in [2.75, 3.05) is 6.61 Å². The lowest BCUT2D eigenvalue weighted by atomic mass is 9.79. The Balaban J connectivity index is 1.25. The smallest absolute Gasteiger partial charge is 0.416 e. The zero-order chi connectivity index (χ0) is 25.2. The molecule has 2 aliphatic carbocycles. The van der Waals surface area contributed by atoms with Gasteiger partial charge in [-0.25, -0.2) is 4.98 Å². The molecule has 4 atom stereocenters. The van der Waals surface area contributed by atoms with Gasteiger partial charge in [0.05, 0.1) is 18.1 Å². The SMILES string of the molecule is O=C(O)[C@H]1[C@@H]2Cc3cc(OCc4ccc5c(c4)C(O)(c4ccccc4C(F)(F)F)CCO5)ncc3[C@@H]21. The Labute approximate surface area is 204 Å². The van der Waals surface area contributed by atoms with Crippen LogP contribution in [0.3, 0.4) is 0 Å². The van der Waals surface area contributed by atoms with Crippen LogP contribution in [0.5, 0.6) is 11.6 Å². The van der Waals surface area contributed by atoms with Crippen molar-refractivity contribution < 1.29 is 37.7 Å². The first-order chi connectivity index (χ1) is 17.2. The van der Waals surface area contributed by atoms with E-state index in [4.69, 9.17) is 9.47 Å². The number of benzene rings is 2. The van der Waals surface area contributed by atoms with Gasteiger partial charge in [-0.1, -0.05) is 24.3 Å². The van der Waals surface area contributed by atoms with Crippen LogP contribution in [-0.4, -0.2) is 27.8 Å². The van der Waals surface area contributed by atoms with Gasteiger partial charge in [0.1, 0.15) is 18.0 Å². The van der Waals surface area contributed by atoms with Gasteiger partial charge in [-0.15, -0.1) is 0 Å². The van der Waals surface area contributed by atoms with E-state index in [1.54, 1.807) is 24.4 Å². The number of aliphatic carboxylic acids is 1. The van der Waals surface area contributed by atoms with E-state index in [1.807, 2.05) is 6.07 Å². The predicted molar refractivity (Wildman–Crippen MR) is 121 cm³/mol. The van der Waals surface area contributed by atoms with Crippen LogP contribution in [0.2, 0.25) is 0 Å². The third-order valence-electron chi connectivity index (χ3n) is 7.54. The average Bonchev–Trinajstić information content (AvgIpc) is 3.45. The number of carbonyl (C=O) groups is 1. The minimum atomic E-state index is -4.62. The zero-order valence-corrected chi connectivity index (χ0v) is 19.0. The topological polar surface area (TPSA) is 88.9 Å². The fourth-order valence-corrected chi connectivity index (χ4v) is 5.77. The maximum absolute atomic E-state index is 13.7. The Morgan fingerprint density at radius 3 is 2.75 bits per heavy atom. The summed E-state index contributed by atoms with van der Waals surface area (Å²) in [5.74, 6) is -0.250. The van der Waals surface area contributed by atoms with Gasteiger partial charge < -0.3 is 19.7 Å². The fourth-order valence-electron chi connectivity index (χ4n) is 5.77. The highest BCUT2D eigenvalue weighted by atomic mass is 19.4. The molecule has 0 saturated heterocycles. The maximum Gasteiger partial charge on any atom is 0.416 e. The first kappa shape index (κ1) is 22.8. The molecule has 1 aromatic heterocycles. The molecule has 9 heteroatoms. The molecule has 2 N–H and O–H groups in total. The summed E-state index contributed by atoms with van der Waals surface area (Å²) in [5.41, 5.74) is -0.0790. The Bertz CT molecular complexity index is 1370. The van der Waals surface area contributed by atoms with Gasteiger partial charge in [-0.3, -0.25) is 4.79 Å². The van der Waals surface area contributed by atoms with Crippen molar-refractivity contribution in [1.29, 1.82) is 0 Å². The van der Waals surface area contributed by atoms with E-state index in [9.17, 15) is 28.2 Å². The zero-order valence-electron chi connectivity index (χ0n) is 19.0. The van der Waals surface area contributed by atoms with Gasteiger partial charge in [0.25, 0.3) is 0 Å². The van der Waals surface area contributed by atoms with Crippen molar-refractivity contribution in [1.82, 2.24) is 4.98 Å². The van der Waals surface area contributed by atoms with Crippen LogP contribution in [-0.2, 0) is 29.6 Å². The number of carboxylic acid groups (broad SMARTS) is 1. The van der Waals surface area contributed by atoms with Gasteiger partial charge >= 0.3 is 12.1 Å². The standard InChI is InChI=1S/C27H22F3NO5/c28-27(29,30)19-4-2-1-3-18(19)26(34)7-8-35-21-6-5-14(9-20(21)26)13-36-22-11-15-10-16-23(17(15)12-31-22)24(16)25(32)33/h1-6,9,11-12,16,23-24,34H,7-8,10,13H2,(H,32,33)/t16-,23-,24+,26?/m1/s1. The summed E-state index contributed by atoms with van der Waals surface area (Å²) in [6.45, 7) is 0.163. The monoisotopic (exact) mass is 497 g/mol.